The molecule has 0 bridgehead atoms. The fraction of sp³-hybridized carbons (Fsp3) is 0.267. The Balaban J connectivity index is 1.96. The van der Waals surface area contributed by atoms with Gasteiger partial charge in [-0.2, -0.15) is 0 Å². The van der Waals surface area contributed by atoms with Crippen molar-refractivity contribution in [2.45, 2.75) is 13.3 Å². The molecule has 0 aliphatic heterocycles. The van der Waals surface area contributed by atoms with Crippen molar-refractivity contribution in [3.8, 4) is 5.75 Å². The summed E-state index contributed by atoms with van der Waals surface area (Å²) in [6, 6.07) is 10.2. The summed E-state index contributed by atoms with van der Waals surface area (Å²) < 4.78 is 5.33. The number of methoxy groups -OCH3 is 1. The first-order valence-corrected chi connectivity index (χ1v) is 6.07. The number of hydrogen-bond donors (Lipinski definition) is 1. The van der Waals surface area contributed by atoms with E-state index in [1.54, 1.807) is 13.3 Å². The molecule has 1 aromatic carbocycles. The molecule has 0 aliphatic rings. The minimum atomic E-state index is 0.867. The lowest BCUT2D eigenvalue weighted by molar-refractivity contribution is 0.416. The van der Waals surface area contributed by atoms with Crippen LogP contribution in [0.1, 0.15) is 11.1 Å². The smallest absolute Gasteiger partial charge is 0.141 e. The van der Waals surface area contributed by atoms with Crippen LogP contribution in [0.4, 0.5) is 5.69 Å². The Labute approximate surface area is 108 Å². The number of hydrogen-bond acceptors (Lipinski definition) is 3. The quantitative estimate of drug-likeness (QED) is 0.875. The molecule has 0 fully saturated rings. The van der Waals surface area contributed by atoms with Crippen molar-refractivity contribution in [1.82, 2.24) is 4.98 Å². The standard InChI is InChI=1S/C15H18N2O/c1-12-5-6-15(18-2)14(10-12)17-9-7-13-4-3-8-16-11-13/h3-6,8,10-11,17H,7,9H2,1-2H3. The predicted octanol–water partition coefficient (Wildman–Crippen LogP) is 3.05. The molecule has 18 heavy (non-hydrogen) atoms. The summed E-state index contributed by atoms with van der Waals surface area (Å²) in [5.74, 6) is 0.881. The second-order valence-corrected chi connectivity index (χ2v) is 4.24. The number of ether oxygens (including phenoxy) is 1. The molecule has 94 valence electrons. The molecule has 0 spiro atoms. The Kier molecular flexibility index (Phi) is 4.18. The summed E-state index contributed by atoms with van der Waals surface area (Å²) in [5, 5.41) is 3.40. The maximum Gasteiger partial charge on any atom is 0.141 e. The number of aryl methyl sites for hydroxylation is 1. The number of rotatable bonds is 5. The summed E-state index contributed by atoms with van der Waals surface area (Å²) in [6.07, 6.45) is 4.64. The van der Waals surface area contributed by atoms with Crippen molar-refractivity contribution in [3.05, 3.63) is 53.9 Å². The minimum absolute atomic E-state index is 0.867. The molecule has 1 N–H and O–H groups in total. The van der Waals surface area contributed by atoms with E-state index >= 15 is 0 Å². The summed E-state index contributed by atoms with van der Waals surface area (Å²) >= 11 is 0. The van der Waals surface area contributed by atoms with Crippen LogP contribution in [-0.4, -0.2) is 18.6 Å². The van der Waals surface area contributed by atoms with E-state index in [2.05, 4.69) is 29.4 Å². The molecule has 3 nitrogen and oxygen atoms in total. The lowest BCUT2D eigenvalue weighted by Crippen LogP contribution is -2.06. The van der Waals surface area contributed by atoms with E-state index in [0.717, 1.165) is 24.4 Å². The molecule has 0 saturated heterocycles. The second kappa shape index (κ2) is 6.05. The number of aromatic nitrogens is 1. The van der Waals surface area contributed by atoms with Gasteiger partial charge in [-0.3, -0.25) is 4.98 Å². The normalized spacial score (nSPS) is 10.1. The summed E-state index contributed by atoms with van der Waals surface area (Å²) in [4.78, 5) is 4.11. The fourth-order valence-electron chi connectivity index (χ4n) is 1.85. The van der Waals surface area contributed by atoms with Gasteiger partial charge in [0.25, 0.3) is 0 Å². The van der Waals surface area contributed by atoms with Gasteiger partial charge in [0.2, 0.25) is 0 Å². The Hall–Kier alpha value is -2.03. The van der Waals surface area contributed by atoms with E-state index in [1.165, 1.54) is 11.1 Å². The van der Waals surface area contributed by atoms with Gasteiger partial charge >= 0.3 is 0 Å². The Morgan fingerprint density at radius 3 is 2.89 bits per heavy atom. The van der Waals surface area contributed by atoms with Crippen LogP contribution in [0, 0.1) is 6.92 Å². The van der Waals surface area contributed by atoms with Gasteiger partial charge in [0, 0.05) is 18.9 Å². The molecule has 2 rings (SSSR count). The molecule has 0 amide bonds. The molecule has 1 heterocycles. The predicted molar refractivity (Wildman–Crippen MR) is 74.2 cm³/mol. The first-order valence-electron chi connectivity index (χ1n) is 6.07. The number of anilines is 1. The third-order valence-electron chi connectivity index (χ3n) is 2.81. The van der Waals surface area contributed by atoms with Crippen molar-refractivity contribution in [1.29, 1.82) is 0 Å². The zero-order valence-corrected chi connectivity index (χ0v) is 10.8. The molecule has 0 atom stereocenters. The van der Waals surface area contributed by atoms with E-state index < -0.39 is 0 Å². The maximum absolute atomic E-state index is 5.33. The SMILES string of the molecule is COc1ccc(C)cc1NCCc1cccnc1. The molecule has 0 saturated carbocycles. The van der Waals surface area contributed by atoms with Gasteiger partial charge < -0.3 is 10.1 Å². The second-order valence-electron chi connectivity index (χ2n) is 4.24. The Bertz CT molecular complexity index is 497. The monoisotopic (exact) mass is 242 g/mol. The lowest BCUT2D eigenvalue weighted by atomic mass is 10.2. The first-order chi connectivity index (χ1) is 8.79. The van der Waals surface area contributed by atoms with Crippen LogP contribution in [0.3, 0.4) is 0 Å². The molecular formula is C15H18N2O. The molecule has 2 aromatic rings. The molecular weight excluding hydrogens is 224 g/mol. The van der Waals surface area contributed by atoms with Crippen molar-refractivity contribution in [2.24, 2.45) is 0 Å². The molecule has 0 aliphatic carbocycles. The topological polar surface area (TPSA) is 34.1 Å². The largest absolute Gasteiger partial charge is 0.495 e. The third kappa shape index (κ3) is 3.23. The lowest BCUT2D eigenvalue weighted by Gasteiger charge is -2.11. The van der Waals surface area contributed by atoms with E-state index in [9.17, 15) is 0 Å². The zero-order valence-electron chi connectivity index (χ0n) is 10.8. The van der Waals surface area contributed by atoms with Crippen molar-refractivity contribution >= 4 is 5.69 Å². The van der Waals surface area contributed by atoms with Crippen molar-refractivity contribution in [2.75, 3.05) is 19.0 Å². The molecule has 3 heteroatoms. The van der Waals surface area contributed by atoms with Gasteiger partial charge in [0.15, 0.2) is 0 Å². The van der Waals surface area contributed by atoms with E-state index in [-0.39, 0.29) is 0 Å². The van der Waals surface area contributed by atoms with Gasteiger partial charge in [-0.25, -0.2) is 0 Å². The van der Waals surface area contributed by atoms with Gasteiger partial charge in [-0.1, -0.05) is 12.1 Å². The van der Waals surface area contributed by atoms with Crippen molar-refractivity contribution < 1.29 is 4.74 Å². The van der Waals surface area contributed by atoms with Gasteiger partial charge in [0.05, 0.1) is 12.8 Å². The Morgan fingerprint density at radius 1 is 1.28 bits per heavy atom. The van der Waals surface area contributed by atoms with Crippen LogP contribution in [0.2, 0.25) is 0 Å². The number of nitrogens with one attached hydrogen (secondary N) is 1. The minimum Gasteiger partial charge on any atom is -0.495 e. The van der Waals surface area contributed by atoms with Crippen LogP contribution in [0.15, 0.2) is 42.7 Å². The average Bonchev–Trinajstić information content (AvgIpc) is 2.40. The van der Waals surface area contributed by atoms with Crippen LogP contribution in [0.25, 0.3) is 0 Å². The van der Waals surface area contributed by atoms with Gasteiger partial charge in [0.1, 0.15) is 5.75 Å². The van der Waals surface area contributed by atoms with Gasteiger partial charge in [-0.15, -0.1) is 0 Å². The maximum atomic E-state index is 5.33. The highest BCUT2D eigenvalue weighted by Crippen LogP contribution is 2.24. The zero-order chi connectivity index (χ0) is 12.8. The molecule has 0 unspecified atom stereocenters. The van der Waals surface area contributed by atoms with Crippen LogP contribution >= 0.6 is 0 Å². The fourth-order valence-corrected chi connectivity index (χ4v) is 1.85. The van der Waals surface area contributed by atoms with E-state index in [1.807, 2.05) is 24.4 Å². The van der Waals surface area contributed by atoms with Crippen LogP contribution in [-0.2, 0) is 6.42 Å². The summed E-state index contributed by atoms with van der Waals surface area (Å²) in [7, 11) is 1.69. The highest BCUT2D eigenvalue weighted by atomic mass is 16.5. The van der Waals surface area contributed by atoms with Crippen molar-refractivity contribution in [3.63, 3.8) is 0 Å². The number of nitrogens with zero attached hydrogens (tertiary/aromatic N) is 1. The van der Waals surface area contributed by atoms with Gasteiger partial charge in [-0.05, 0) is 42.7 Å². The first kappa shape index (κ1) is 12.4. The molecule has 1 aromatic heterocycles. The highest BCUT2D eigenvalue weighted by molar-refractivity contribution is 5.58. The van der Waals surface area contributed by atoms with Crippen LogP contribution < -0.4 is 10.1 Å². The van der Waals surface area contributed by atoms with E-state index in [4.69, 9.17) is 4.74 Å². The highest BCUT2D eigenvalue weighted by Gasteiger charge is 2.02. The third-order valence-corrected chi connectivity index (χ3v) is 2.81. The summed E-state index contributed by atoms with van der Waals surface area (Å²) in [6.45, 7) is 2.94. The number of benzene rings is 1. The van der Waals surface area contributed by atoms with E-state index in [0.29, 0.717) is 0 Å². The Morgan fingerprint density at radius 2 is 2.17 bits per heavy atom. The van der Waals surface area contributed by atoms with Crippen LogP contribution in [0.5, 0.6) is 5.75 Å². The average molecular weight is 242 g/mol. The summed E-state index contributed by atoms with van der Waals surface area (Å²) in [5.41, 5.74) is 3.50. The molecule has 0 radical (unpaired) electrons. The number of pyridine rings is 1.